The number of ether oxygens (including phenoxy) is 1. The van der Waals surface area contributed by atoms with Crippen molar-refractivity contribution in [2.75, 3.05) is 18.5 Å². The molecule has 2 aliphatic rings. The maximum atomic E-state index is 13.4. The molecule has 1 N–H and O–H groups in total. The van der Waals surface area contributed by atoms with Crippen LogP contribution < -0.4 is 5.32 Å². The fourth-order valence-electron chi connectivity index (χ4n) is 4.74. The molecule has 9 heteroatoms. The number of nitrogens with one attached hydrogen (secondary N) is 1. The highest BCUT2D eigenvalue weighted by molar-refractivity contribution is 7.89. The fourth-order valence-corrected chi connectivity index (χ4v) is 6.38. The highest BCUT2D eigenvalue weighted by Gasteiger charge is 2.52. The molecular formula is C26H31FN2O5S. The Morgan fingerprint density at radius 3 is 2.23 bits per heavy atom. The topological polar surface area (TPSA) is 92.8 Å². The Hall–Kier alpha value is -2.78. The Morgan fingerprint density at radius 2 is 1.66 bits per heavy atom. The first-order chi connectivity index (χ1) is 16.8. The largest absolute Gasteiger partial charge is 0.465 e. The van der Waals surface area contributed by atoms with Gasteiger partial charge < -0.3 is 10.1 Å². The molecule has 0 heterocycles. The van der Waals surface area contributed by atoms with Crippen LogP contribution in [0.25, 0.3) is 0 Å². The van der Waals surface area contributed by atoms with E-state index in [1.165, 1.54) is 16.4 Å². The summed E-state index contributed by atoms with van der Waals surface area (Å²) in [6.45, 7) is 1.77. The number of nitrogens with zero attached hydrogens (tertiary/aromatic N) is 1. The third-order valence-corrected chi connectivity index (χ3v) is 8.75. The van der Waals surface area contributed by atoms with E-state index in [-0.39, 0.29) is 23.5 Å². The van der Waals surface area contributed by atoms with Crippen LogP contribution in [0.1, 0.15) is 57.4 Å². The highest BCUT2D eigenvalue weighted by Crippen LogP contribution is 2.49. The third-order valence-electron chi connectivity index (χ3n) is 6.84. The lowest BCUT2D eigenvalue weighted by Crippen LogP contribution is -2.45. The number of carbonyl (C=O) groups excluding carboxylic acids is 2. The number of esters is 1. The summed E-state index contributed by atoms with van der Waals surface area (Å²) < 4.78 is 46.6. The van der Waals surface area contributed by atoms with Gasteiger partial charge in [-0.3, -0.25) is 9.59 Å². The Bertz CT molecular complexity index is 1160. The number of halogens is 1. The summed E-state index contributed by atoms with van der Waals surface area (Å²) in [6.07, 6.45) is 5.64. The molecule has 0 aromatic heterocycles. The van der Waals surface area contributed by atoms with Gasteiger partial charge in [0.05, 0.1) is 23.5 Å². The van der Waals surface area contributed by atoms with Crippen LogP contribution in [0.2, 0.25) is 0 Å². The van der Waals surface area contributed by atoms with Gasteiger partial charge in [0.15, 0.2) is 0 Å². The van der Waals surface area contributed by atoms with E-state index >= 15 is 0 Å². The number of hydrogen-bond acceptors (Lipinski definition) is 5. The van der Waals surface area contributed by atoms with Crippen LogP contribution in [0.5, 0.6) is 0 Å². The molecular weight excluding hydrogens is 471 g/mol. The monoisotopic (exact) mass is 502 g/mol. The van der Waals surface area contributed by atoms with E-state index in [4.69, 9.17) is 4.74 Å². The van der Waals surface area contributed by atoms with Crippen molar-refractivity contribution in [3.63, 3.8) is 0 Å². The minimum absolute atomic E-state index is 0.0321. The molecule has 2 aromatic carbocycles. The zero-order valence-electron chi connectivity index (χ0n) is 19.8. The maximum absolute atomic E-state index is 13.4. The van der Waals surface area contributed by atoms with Crippen molar-refractivity contribution >= 4 is 27.6 Å². The molecule has 0 spiro atoms. The van der Waals surface area contributed by atoms with E-state index in [0.29, 0.717) is 25.1 Å². The summed E-state index contributed by atoms with van der Waals surface area (Å²) >= 11 is 0. The lowest BCUT2D eigenvalue weighted by molar-refractivity contribution is -0.146. The quantitative estimate of drug-likeness (QED) is 0.514. The van der Waals surface area contributed by atoms with Crippen LogP contribution in [0.3, 0.4) is 0 Å². The molecule has 0 bridgehead atoms. The zero-order chi connectivity index (χ0) is 25.1. The first-order valence-electron chi connectivity index (χ1n) is 12.1. The van der Waals surface area contributed by atoms with Crippen molar-refractivity contribution in [2.45, 2.75) is 68.2 Å². The third kappa shape index (κ3) is 5.56. The number of benzene rings is 2. The minimum atomic E-state index is -3.98. The summed E-state index contributed by atoms with van der Waals surface area (Å²) in [7, 11) is -3.98. The second-order valence-electron chi connectivity index (χ2n) is 9.22. The average molecular weight is 503 g/mol. The first kappa shape index (κ1) is 25.3. The molecule has 0 atom stereocenters. The number of hydrogen-bond donors (Lipinski definition) is 1. The van der Waals surface area contributed by atoms with E-state index in [0.717, 1.165) is 49.8 Å². The van der Waals surface area contributed by atoms with Crippen LogP contribution in [-0.4, -0.2) is 43.8 Å². The Kier molecular flexibility index (Phi) is 7.56. The van der Waals surface area contributed by atoms with E-state index < -0.39 is 27.2 Å². The van der Waals surface area contributed by atoms with Crippen molar-refractivity contribution in [3.05, 3.63) is 59.9 Å². The van der Waals surface area contributed by atoms with Gasteiger partial charge in [-0.05, 0) is 74.6 Å². The lowest BCUT2D eigenvalue weighted by atomic mass is 9.95. The highest BCUT2D eigenvalue weighted by atomic mass is 32.2. The number of carbonyl (C=O) groups is 2. The standard InChI is InChI=1S/C26H31FN2O5S/c1-2-34-25(31)26(16-17-26)19-8-12-21(13-9-19)28-24(30)18-29(22-6-4-3-5-7-22)35(32,33)23-14-10-20(27)11-15-23/h8-15,22H,2-7,16-18H2,1H3,(H,28,30). The molecule has 0 radical (unpaired) electrons. The van der Waals surface area contributed by atoms with Crippen LogP contribution in [0, 0.1) is 5.82 Å². The van der Waals surface area contributed by atoms with E-state index in [1.54, 1.807) is 31.2 Å². The molecule has 2 saturated carbocycles. The van der Waals surface area contributed by atoms with Crippen molar-refractivity contribution < 1.29 is 27.1 Å². The smallest absolute Gasteiger partial charge is 0.316 e. The van der Waals surface area contributed by atoms with E-state index in [9.17, 15) is 22.4 Å². The molecule has 0 unspecified atom stereocenters. The number of rotatable bonds is 9. The molecule has 1 amide bonds. The zero-order valence-corrected chi connectivity index (χ0v) is 20.7. The van der Waals surface area contributed by atoms with Crippen molar-refractivity contribution in [3.8, 4) is 0 Å². The van der Waals surface area contributed by atoms with Crippen LogP contribution >= 0.6 is 0 Å². The Morgan fingerprint density at radius 1 is 1.03 bits per heavy atom. The van der Waals surface area contributed by atoms with Crippen LogP contribution in [0.15, 0.2) is 53.4 Å². The van der Waals surface area contributed by atoms with Gasteiger partial charge >= 0.3 is 5.97 Å². The molecule has 2 aromatic rings. The molecule has 188 valence electrons. The minimum Gasteiger partial charge on any atom is -0.465 e. The summed E-state index contributed by atoms with van der Waals surface area (Å²) in [5, 5.41) is 2.78. The summed E-state index contributed by atoms with van der Waals surface area (Å²) in [6, 6.07) is 11.4. The average Bonchev–Trinajstić information content (AvgIpc) is 3.66. The molecule has 4 rings (SSSR count). The summed E-state index contributed by atoms with van der Waals surface area (Å²) in [4.78, 5) is 25.2. The van der Waals surface area contributed by atoms with Crippen LogP contribution in [0.4, 0.5) is 10.1 Å². The predicted octanol–water partition coefficient (Wildman–Crippen LogP) is 4.38. The van der Waals surface area contributed by atoms with Gasteiger partial charge in [-0.2, -0.15) is 4.31 Å². The van der Waals surface area contributed by atoms with Gasteiger partial charge in [-0.15, -0.1) is 0 Å². The number of amides is 1. The number of anilines is 1. The molecule has 35 heavy (non-hydrogen) atoms. The van der Waals surface area contributed by atoms with Gasteiger partial charge in [0.2, 0.25) is 15.9 Å². The second kappa shape index (κ2) is 10.5. The Labute approximate surface area is 205 Å². The van der Waals surface area contributed by atoms with E-state index in [2.05, 4.69) is 5.32 Å². The van der Waals surface area contributed by atoms with Gasteiger partial charge in [0.1, 0.15) is 5.82 Å². The fraction of sp³-hybridized carbons (Fsp3) is 0.462. The summed E-state index contributed by atoms with van der Waals surface area (Å²) in [5.74, 6) is -1.21. The molecule has 7 nitrogen and oxygen atoms in total. The molecule has 0 saturated heterocycles. The predicted molar refractivity (Wildman–Crippen MR) is 130 cm³/mol. The van der Waals surface area contributed by atoms with Crippen molar-refractivity contribution in [1.82, 2.24) is 4.31 Å². The van der Waals surface area contributed by atoms with Gasteiger partial charge in [-0.25, -0.2) is 12.8 Å². The van der Waals surface area contributed by atoms with Gasteiger partial charge in [0.25, 0.3) is 0 Å². The van der Waals surface area contributed by atoms with Crippen molar-refractivity contribution in [2.24, 2.45) is 0 Å². The molecule has 2 fully saturated rings. The maximum Gasteiger partial charge on any atom is 0.316 e. The normalized spacial score (nSPS) is 17.7. The second-order valence-corrected chi connectivity index (χ2v) is 11.1. The van der Waals surface area contributed by atoms with E-state index in [1.807, 2.05) is 0 Å². The van der Waals surface area contributed by atoms with Gasteiger partial charge in [-0.1, -0.05) is 31.4 Å². The molecule has 2 aliphatic carbocycles. The lowest BCUT2D eigenvalue weighted by Gasteiger charge is -2.33. The summed E-state index contributed by atoms with van der Waals surface area (Å²) in [5.41, 5.74) is 0.761. The number of sulfonamides is 1. The molecule has 0 aliphatic heterocycles. The SMILES string of the molecule is CCOC(=O)C1(c2ccc(NC(=O)CN(C3CCCCC3)S(=O)(=O)c3ccc(F)cc3)cc2)CC1. The van der Waals surface area contributed by atoms with Crippen LogP contribution in [-0.2, 0) is 29.8 Å². The first-order valence-corrected chi connectivity index (χ1v) is 13.6. The Balaban J connectivity index is 1.48. The van der Waals surface area contributed by atoms with Gasteiger partial charge in [0, 0.05) is 11.7 Å². The van der Waals surface area contributed by atoms with Crippen molar-refractivity contribution in [1.29, 1.82) is 0 Å².